The highest BCUT2D eigenvalue weighted by Crippen LogP contribution is 2.49. The fraction of sp³-hybridized carbons (Fsp3) is 0.160. The van der Waals surface area contributed by atoms with Gasteiger partial charge in [-0.1, -0.05) is 43.0 Å². The molecule has 0 aromatic heterocycles. The fourth-order valence-corrected chi connectivity index (χ4v) is 3.36. The van der Waals surface area contributed by atoms with E-state index in [2.05, 4.69) is 47.9 Å². The summed E-state index contributed by atoms with van der Waals surface area (Å²) in [5.41, 5.74) is 4.75. The van der Waals surface area contributed by atoms with Gasteiger partial charge in [-0.25, -0.2) is 4.79 Å². The maximum Gasteiger partial charge on any atom is 0.333 e. The number of benzene rings is 3. The molecule has 0 bridgehead atoms. The molecule has 0 radical (unpaired) electrons. The van der Waals surface area contributed by atoms with E-state index in [1.165, 1.54) is 5.56 Å². The Bertz CT molecular complexity index is 994. The topological polar surface area (TPSA) is 38.8 Å². The molecule has 146 valence electrons. The number of aryl methyl sites for hydroxylation is 1. The van der Waals surface area contributed by atoms with Crippen molar-refractivity contribution in [3.05, 3.63) is 90.5 Å². The van der Waals surface area contributed by atoms with E-state index >= 15 is 0 Å². The average molecular weight is 385 g/mol. The molecule has 1 heterocycles. The number of carbonyl (C=O) groups excluding carboxylic acids is 1. The summed E-state index contributed by atoms with van der Waals surface area (Å²) in [7, 11) is 0. The van der Waals surface area contributed by atoms with Crippen molar-refractivity contribution in [3.63, 3.8) is 0 Å². The van der Waals surface area contributed by atoms with Crippen LogP contribution in [0.25, 0.3) is 0 Å². The van der Waals surface area contributed by atoms with E-state index in [1.54, 1.807) is 6.92 Å². The van der Waals surface area contributed by atoms with Gasteiger partial charge in [0.2, 0.25) is 0 Å². The van der Waals surface area contributed by atoms with Crippen molar-refractivity contribution in [3.8, 4) is 11.5 Å². The first-order valence-corrected chi connectivity index (χ1v) is 9.71. The van der Waals surface area contributed by atoms with E-state index < -0.39 is 0 Å². The van der Waals surface area contributed by atoms with Crippen LogP contribution in [0, 0.1) is 0 Å². The number of carbonyl (C=O) groups is 1. The van der Waals surface area contributed by atoms with Crippen LogP contribution in [0.4, 0.5) is 17.1 Å². The Balaban J connectivity index is 1.51. The number of hydrogen-bond donors (Lipinski definition) is 0. The Kier molecular flexibility index (Phi) is 5.34. The number of nitrogens with zero attached hydrogens (tertiary/aromatic N) is 1. The van der Waals surface area contributed by atoms with E-state index in [4.69, 9.17) is 9.47 Å². The van der Waals surface area contributed by atoms with Gasteiger partial charge in [-0.15, -0.1) is 0 Å². The number of ether oxygens (including phenoxy) is 2. The number of hydrogen-bond acceptors (Lipinski definition) is 4. The van der Waals surface area contributed by atoms with E-state index in [0.717, 1.165) is 41.4 Å². The summed E-state index contributed by atoms with van der Waals surface area (Å²) in [6, 6.07) is 24.6. The van der Waals surface area contributed by atoms with Crippen molar-refractivity contribution >= 4 is 23.0 Å². The molecule has 1 aliphatic heterocycles. The van der Waals surface area contributed by atoms with Crippen LogP contribution in [-0.4, -0.2) is 12.6 Å². The molecule has 0 saturated carbocycles. The largest absolute Gasteiger partial charge is 0.462 e. The van der Waals surface area contributed by atoms with Gasteiger partial charge in [0, 0.05) is 11.3 Å². The molecular formula is C25H23NO3. The third-order valence-corrected chi connectivity index (χ3v) is 4.82. The molecule has 3 aromatic carbocycles. The van der Waals surface area contributed by atoms with Crippen LogP contribution >= 0.6 is 0 Å². The van der Waals surface area contributed by atoms with Crippen molar-refractivity contribution < 1.29 is 14.3 Å². The molecule has 0 amide bonds. The minimum atomic E-state index is -0.329. The highest BCUT2D eigenvalue weighted by molar-refractivity contribution is 5.87. The molecule has 0 saturated heterocycles. The maximum atomic E-state index is 11.4. The van der Waals surface area contributed by atoms with Crippen molar-refractivity contribution in [1.29, 1.82) is 0 Å². The normalized spacial score (nSPS) is 11.8. The molecule has 4 nitrogen and oxygen atoms in total. The Labute approximate surface area is 171 Å². The number of rotatable bonds is 6. The zero-order chi connectivity index (χ0) is 20.2. The van der Waals surface area contributed by atoms with Gasteiger partial charge in [0.05, 0.1) is 18.0 Å². The second kappa shape index (κ2) is 8.23. The Morgan fingerprint density at radius 1 is 0.931 bits per heavy atom. The predicted octanol–water partition coefficient (Wildman–Crippen LogP) is 6.31. The van der Waals surface area contributed by atoms with Crippen molar-refractivity contribution in [2.24, 2.45) is 0 Å². The molecule has 0 N–H and O–H groups in total. The highest BCUT2D eigenvalue weighted by Gasteiger charge is 2.24. The second-order valence-corrected chi connectivity index (χ2v) is 7.06. The minimum absolute atomic E-state index is 0.329. The molecule has 0 unspecified atom stereocenters. The molecule has 4 rings (SSSR count). The van der Waals surface area contributed by atoms with Gasteiger partial charge in [-0.2, -0.15) is 0 Å². The average Bonchev–Trinajstić information content (AvgIpc) is 2.75. The van der Waals surface area contributed by atoms with E-state index in [1.807, 2.05) is 36.4 Å². The van der Waals surface area contributed by atoms with Crippen LogP contribution in [0.2, 0.25) is 0 Å². The van der Waals surface area contributed by atoms with Crippen LogP contribution in [0.15, 0.2) is 84.9 Å². The first-order valence-electron chi connectivity index (χ1n) is 9.71. The molecule has 0 aliphatic carbocycles. The zero-order valence-electron chi connectivity index (χ0n) is 16.4. The molecule has 0 atom stereocenters. The number of anilines is 3. The zero-order valence-corrected chi connectivity index (χ0v) is 16.4. The van der Waals surface area contributed by atoms with Gasteiger partial charge in [0.25, 0.3) is 0 Å². The molecule has 4 heteroatoms. The summed E-state index contributed by atoms with van der Waals surface area (Å²) in [6.45, 7) is 5.65. The van der Waals surface area contributed by atoms with Crippen LogP contribution in [0.5, 0.6) is 11.5 Å². The number of esters is 1. The minimum Gasteiger partial charge on any atom is -0.462 e. The van der Waals surface area contributed by atoms with Gasteiger partial charge < -0.3 is 14.4 Å². The lowest BCUT2D eigenvalue weighted by atomic mass is 10.1. The Morgan fingerprint density at radius 3 is 2.10 bits per heavy atom. The lowest BCUT2D eigenvalue weighted by Gasteiger charge is -2.32. The van der Waals surface area contributed by atoms with Crippen LogP contribution < -0.4 is 9.64 Å². The lowest BCUT2D eigenvalue weighted by Crippen LogP contribution is -2.15. The Morgan fingerprint density at radius 2 is 1.52 bits per heavy atom. The van der Waals surface area contributed by atoms with Gasteiger partial charge in [-0.3, -0.25) is 0 Å². The highest BCUT2D eigenvalue weighted by atomic mass is 16.5. The molecular weight excluding hydrogens is 362 g/mol. The molecule has 0 spiro atoms. The third-order valence-electron chi connectivity index (χ3n) is 4.82. The summed E-state index contributed by atoms with van der Waals surface area (Å²) in [4.78, 5) is 13.7. The van der Waals surface area contributed by atoms with Crippen molar-refractivity contribution in [1.82, 2.24) is 0 Å². The number of fused-ring (bicyclic) bond motifs is 2. The third kappa shape index (κ3) is 4.02. The number of para-hydroxylation sites is 4. The van der Waals surface area contributed by atoms with Gasteiger partial charge >= 0.3 is 5.97 Å². The summed E-state index contributed by atoms with van der Waals surface area (Å²) >= 11 is 0. The SMILES string of the molecule is C=C(C)C(=O)OCCCc1ccc(N2c3ccccc3Oc3ccccc32)cc1. The first-order chi connectivity index (χ1) is 14.1. The van der Waals surface area contributed by atoms with E-state index in [0.29, 0.717) is 12.2 Å². The van der Waals surface area contributed by atoms with Gasteiger partial charge in [0.15, 0.2) is 11.5 Å². The maximum absolute atomic E-state index is 11.4. The molecule has 0 fully saturated rings. The first kappa shape index (κ1) is 18.8. The van der Waals surface area contributed by atoms with Crippen LogP contribution in [-0.2, 0) is 16.0 Å². The molecule has 29 heavy (non-hydrogen) atoms. The molecule has 3 aromatic rings. The van der Waals surface area contributed by atoms with Gasteiger partial charge in [0.1, 0.15) is 0 Å². The quantitative estimate of drug-likeness (QED) is 0.221. The van der Waals surface area contributed by atoms with E-state index in [-0.39, 0.29) is 5.97 Å². The van der Waals surface area contributed by atoms with Crippen molar-refractivity contribution in [2.45, 2.75) is 19.8 Å². The van der Waals surface area contributed by atoms with E-state index in [9.17, 15) is 4.79 Å². The summed E-state index contributed by atoms with van der Waals surface area (Å²) in [6.07, 6.45) is 1.63. The summed E-state index contributed by atoms with van der Waals surface area (Å²) in [5.74, 6) is 1.36. The summed E-state index contributed by atoms with van der Waals surface area (Å²) < 4.78 is 11.2. The summed E-state index contributed by atoms with van der Waals surface area (Å²) in [5, 5.41) is 0. The monoisotopic (exact) mass is 385 g/mol. The Hall–Kier alpha value is -3.53. The van der Waals surface area contributed by atoms with Crippen LogP contribution in [0.3, 0.4) is 0 Å². The lowest BCUT2D eigenvalue weighted by molar-refractivity contribution is -0.139. The standard InChI is InChI=1S/C25H23NO3/c1-18(2)25(27)28-17-7-8-19-13-15-20(16-14-19)26-21-9-3-5-11-23(21)29-24-12-6-4-10-22(24)26/h3-6,9-16H,1,7-8,17H2,2H3. The molecule has 1 aliphatic rings. The fourth-order valence-electron chi connectivity index (χ4n) is 3.36. The van der Waals surface area contributed by atoms with Gasteiger partial charge in [-0.05, 0) is 61.7 Å². The smallest absolute Gasteiger partial charge is 0.333 e. The van der Waals surface area contributed by atoms with Crippen molar-refractivity contribution in [2.75, 3.05) is 11.5 Å². The predicted molar refractivity (Wildman–Crippen MR) is 115 cm³/mol. The van der Waals surface area contributed by atoms with Crippen LogP contribution in [0.1, 0.15) is 18.9 Å². The second-order valence-electron chi connectivity index (χ2n) is 7.06.